The first-order valence-corrected chi connectivity index (χ1v) is 8.42. The minimum Gasteiger partial charge on any atom is -0.480 e. The second-order valence-electron chi connectivity index (χ2n) is 6.02. The quantitative estimate of drug-likeness (QED) is 0.803. The number of nitrogens with zero attached hydrogens (tertiary/aromatic N) is 1. The number of carboxylic acid groups (broad SMARTS) is 1. The summed E-state index contributed by atoms with van der Waals surface area (Å²) < 4.78 is 0. The third-order valence-electron chi connectivity index (χ3n) is 4.11. The molecule has 2 saturated heterocycles. The highest BCUT2D eigenvalue weighted by Crippen LogP contribution is 2.35. The molecule has 0 aromatic carbocycles. The van der Waals surface area contributed by atoms with Crippen molar-refractivity contribution in [3.8, 4) is 0 Å². The summed E-state index contributed by atoms with van der Waals surface area (Å²) in [6, 6.07) is -0.651. The zero-order chi connectivity index (χ0) is 14.7. The van der Waals surface area contributed by atoms with Gasteiger partial charge in [-0.2, -0.15) is 0 Å². The van der Waals surface area contributed by atoms with E-state index in [4.69, 9.17) is 0 Å². The zero-order valence-electron chi connectivity index (χ0n) is 12.2. The van der Waals surface area contributed by atoms with E-state index in [9.17, 15) is 14.7 Å². The molecule has 20 heavy (non-hydrogen) atoms. The van der Waals surface area contributed by atoms with E-state index >= 15 is 0 Å². The van der Waals surface area contributed by atoms with Gasteiger partial charge in [0.05, 0.1) is 5.37 Å². The third kappa shape index (κ3) is 3.47. The number of carbonyl (C=O) groups excluding carboxylic acids is 1. The zero-order valence-corrected chi connectivity index (χ0v) is 13.0. The molecule has 0 saturated carbocycles. The van der Waals surface area contributed by atoms with Crippen molar-refractivity contribution in [2.45, 2.75) is 44.5 Å². The van der Waals surface area contributed by atoms with Crippen LogP contribution in [-0.4, -0.2) is 52.1 Å². The Hall–Kier alpha value is -0.750. The highest BCUT2D eigenvalue weighted by atomic mass is 32.2. The van der Waals surface area contributed by atoms with Crippen LogP contribution in [0, 0.1) is 11.8 Å². The predicted octanol–water partition coefficient (Wildman–Crippen LogP) is 1.39. The van der Waals surface area contributed by atoms with Crippen LogP contribution in [0.3, 0.4) is 0 Å². The van der Waals surface area contributed by atoms with Gasteiger partial charge in [0.1, 0.15) is 6.04 Å². The normalized spacial score (nSPS) is 30.1. The summed E-state index contributed by atoms with van der Waals surface area (Å²) in [6.07, 6.45) is 2.46. The topological polar surface area (TPSA) is 69.6 Å². The standard InChI is InChI=1S/C14H24N2O3S/c1-9(2)13-16(11(8-20-13)14(18)19)12(17)4-3-10-5-6-15-7-10/h9-11,13,15H,3-8H2,1-2H3,(H,18,19). The van der Waals surface area contributed by atoms with Crippen molar-refractivity contribution in [2.75, 3.05) is 18.8 Å². The molecule has 0 bridgehead atoms. The Kier molecular flexibility index (Phi) is 5.32. The van der Waals surface area contributed by atoms with Gasteiger partial charge in [-0.25, -0.2) is 4.79 Å². The number of carboxylic acids is 1. The second-order valence-corrected chi connectivity index (χ2v) is 7.17. The Morgan fingerprint density at radius 3 is 2.75 bits per heavy atom. The molecule has 0 radical (unpaired) electrons. The maximum absolute atomic E-state index is 12.5. The van der Waals surface area contributed by atoms with Gasteiger partial charge in [-0.15, -0.1) is 11.8 Å². The molecule has 3 atom stereocenters. The van der Waals surface area contributed by atoms with Crippen molar-refractivity contribution in [1.82, 2.24) is 10.2 Å². The molecule has 6 heteroatoms. The molecule has 0 aromatic rings. The highest BCUT2D eigenvalue weighted by Gasteiger charge is 2.42. The molecule has 3 unspecified atom stereocenters. The van der Waals surface area contributed by atoms with Crippen molar-refractivity contribution < 1.29 is 14.7 Å². The first-order valence-electron chi connectivity index (χ1n) is 7.37. The van der Waals surface area contributed by atoms with Gasteiger partial charge in [-0.3, -0.25) is 4.79 Å². The largest absolute Gasteiger partial charge is 0.480 e. The monoisotopic (exact) mass is 300 g/mol. The second kappa shape index (κ2) is 6.80. The number of thioether (sulfide) groups is 1. The number of rotatable bonds is 5. The molecule has 2 fully saturated rings. The fourth-order valence-corrected chi connectivity index (χ4v) is 4.46. The molecular weight excluding hydrogens is 276 g/mol. The molecule has 0 spiro atoms. The summed E-state index contributed by atoms with van der Waals surface area (Å²) in [5.41, 5.74) is 0. The van der Waals surface area contributed by atoms with E-state index in [0.717, 1.165) is 25.9 Å². The Morgan fingerprint density at radius 2 is 2.20 bits per heavy atom. The van der Waals surface area contributed by atoms with Gasteiger partial charge in [0, 0.05) is 12.2 Å². The van der Waals surface area contributed by atoms with Crippen molar-refractivity contribution >= 4 is 23.6 Å². The summed E-state index contributed by atoms with van der Waals surface area (Å²) in [4.78, 5) is 25.4. The van der Waals surface area contributed by atoms with Crippen LogP contribution in [-0.2, 0) is 9.59 Å². The minimum atomic E-state index is -0.878. The Morgan fingerprint density at radius 1 is 1.45 bits per heavy atom. The van der Waals surface area contributed by atoms with Crippen molar-refractivity contribution in [3.63, 3.8) is 0 Å². The van der Waals surface area contributed by atoms with E-state index in [1.54, 1.807) is 16.7 Å². The maximum Gasteiger partial charge on any atom is 0.327 e. The van der Waals surface area contributed by atoms with Gasteiger partial charge < -0.3 is 15.3 Å². The van der Waals surface area contributed by atoms with E-state index in [-0.39, 0.29) is 17.2 Å². The third-order valence-corrected chi connectivity index (χ3v) is 5.73. The molecule has 5 nitrogen and oxygen atoms in total. The lowest BCUT2D eigenvalue weighted by Gasteiger charge is -2.30. The lowest BCUT2D eigenvalue weighted by Crippen LogP contribution is -2.47. The number of amides is 1. The number of nitrogens with one attached hydrogen (secondary N) is 1. The number of carbonyl (C=O) groups is 2. The Labute approximate surface area is 124 Å². The van der Waals surface area contributed by atoms with Gasteiger partial charge in [0.2, 0.25) is 5.91 Å². The Balaban J connectivity index is 1.96. The van der Waals surface area contributed by atoms with Crippen LogP contribution >= 0.6 is 11.8 Å². The maximum atomic E-state index is 12.5. The van der Waals surface area contributed by atoms with Crippen molar-refractivity contribution in [3.05, 3.63) is 0 Å². The van der Waals surface area contributed by atoms with Crippen molar-refractivity contribution in [2.24, 2.45) is 11.8 Å². The lowest BCUT2D eigenvalue weighted by atomic mass is 10.0. The average molecular weight is 300 g/mol. The molecule has 114 valence electrons. The number of aliphatic carboxylic acids is 1. The highest BCUT2D eigenvalue weighted by molar-refractivity contribution is 8.00. The molecule has 2 aliphatic rings. The lowest BCUT2D eigenvalue weighted by molar-refractivity contribution is -0.149. The summed E-state index contributed by atoms with van der Waals surface area (Å²) in [5.74, 6) is 0.482. The fraction of sp³-hybridized carbons (Fsp3) is 0.857. The molecular formula is C14H24N2O3S. The summed E-state index contributed by atoms with van der Waals surface area (Å²) >= 11 is 1.59. The molecule has 2 rings (SSSR count). The van der Waals surface area contributed by atoms with E-state index in [2.05, 4.69) is 5.32 Å². The van der Waals surface area contributed by atoms with Gasteiger partial charge in [-0.05, 0) is 37.8 Å². The van der Waals surface area contributed by atoms with Crippen LogP contribution in [0.25, 0.3) is 0 Å². The van der Waals surface area contributed by atoms with Crippen LogP contribution in [0.2, 0.25) is 0 Å². The molecule has 2 N–H and O–H groups in total. The average Bonchev–Trinajstić information content (AvgIpc) is 3.04. The minimum absolute atomic E-state index is 0.00491. The van der Waals surface area contributed by atoms with Crippen LogP contribution in [0.15, 0.2) is 0 Å². The molecule has 1 amide bonds. The van der Waals surface area contributed by atoms with Crippen LogP contribution in [0.5, 0.6) is 0 Å². The first-order chi connectivity index (χ1) is 9.50. The van der Waals surface area contributed by atoms with E-state index in [1.807, 2.05) is 13.8 Å². The van der Waals surface area contributed by atoms with Crippen LogP contribution in [0.1, 0.15) is 33.1 Å². The molecule has 2 heterocycles. The predicted molar refractivity (Wildman–Crippen MR) is 79.6 cm³/mol. The smallest absolute Gasteiger partial charge is 0.327 e. The molecule has 0 aromatic heterocycles. The summed E-state index contributed by atoms with van der Waals surface area (Å²) in [7, 11) is 0. The number of hydrogen-bond donors (Lipinski definition) is 2. The molecule has 0 aliphatic carbocycles. The van der Waals surface area contributed by atoms with Crippen LogP contribution in [0.4, 0.5) is 0 Å². The van der Waals surface area contributed by atoms with Gasteiger partial charge >= 0.3 is 5.97 Å². The molecule has 2 aliphatic heterocycles. The fourth-order valence-electron chi connectivity index (χ4n) is 2.96. The van der Waals surface area contributed by atoms with E-state index in [1.165, 1.54) is 0 Å². The van der Waals surface area contributed by atoms with Gasteiger partial charge in [-0.1, -0.05) is 13.8 Å². The van der Waals surface area contributed by atoms with Gasteiger partial charge in [0.15, 0.2) is 0 Å². The Bertz CT molecular complexity index is 369. The van der Waals surface area contributed by atoms with Gasteiger partial charge in [0.25, 0.3) is 0 Å². The number of hydrogen-bond acceptors (Lipinski definition) is 4. The van der Waals surface area contributed by atoms with E-state index < -0.39 is 12.0 Å². The van der Waals surface area contributed by atoms with E-state index in [0.29, 0.717) is 18.1 Å². The van der Waals surface area contributed by atoms with Crippen molar-refractivity contribution in [1.29, 1.82) is 0 Å². The first kappa shape index (κ1) is 15.6. The summed E-state index contributed by atoms with van der Waals surface area (Å²) in [6.45, 7) is 6.11. The SMILES string of the molecule is CC(C)C1SCC(C(=O)O)N1C(=O)CCC1CCNC1. The summed E-state index contributed by atoms with van der Waals surface area (Å²) in [5, 5.41) is 12.6. The van der Waals surface area contributed by atoms with Crippen LogP contribution < -0.4 is 5.32 Å².